The molecule has 2 aromatic carbocycles. The van der Waals surface area contributed by atoms with Crippen LogP contribution in [-0.2, 0) is 26.2 Å². The molecule has 0 saturated carbocycles. The molecule has 0 spiro atoms. The summed E-state index contributed by atoms with van der Waals surface area (Å²) in [6.07, 6.45) is 3.22. The maximum atomic E-state index is 13.7. The summed E-state index contributed by atoms with van der Waals surface area (Å²) >= 11 is 0. The number of nitrogens with zero attached hydrogens (tertiary/aromatic N) is 2. The standard InChI is InChI=1S/C26H37N3O5S/c1-5-8-18-27-26(31)22(6-2)28(19-21-14-10-9-11-15-21)25(30)20-29(35(4,32)33)23-16-12-13-17-24(23)34-7-3/h9-17,22H,5-8,18-20H2,1-4H3,(H,27,31)/t22-/m1/s1. The summed E-state index contributed by atoms with van der Waals surface area (Å²) in [5.41, 5.74) is 1.13. The van der Waals surface area contributed by atoms with Crippen LogP contribution in [0.4, 0.5) is 5.69 Å². The zero-order chi connectivity index (χ0) is 25.8. The second-order valence-electron chi connectivity index (χ2n) is 8.25. The molecule has 0 radical (unpaired) electrons. The van der Waals surface area contributed by atoms with Crippen molar-refractivity contribution in [3.8, 4) is 5.75 Å². The van der Waals surface area contributed by atoms with Crippen molar-refractivity contribution in [2.45, 2.75) is 52.6 Å². The van der Waals surface area contributed by atoms with Crippen molar-refractivity contribution in [1.82, 2.24) is 10.2 Å². The topological polar surface area (TPSA) is 96.0 Å². The zero-order valence-corrected chi connectivity index (χ0v) is 21.9. The second kappa shape index (κ2) is 13.7. The summed E-state index contributed by atoms with van der Waals surface area (Å²) in [4.78, 5) is 28.2. The largest absolute Gasteiger partial charge is 0.492 e. The molecule has 35 heavy (non-hydrogen) atoms. The lowest BCUT2D eigenvalue weighted by Crippen LogP contribution is -2.52. The van der Waals surface area contributed by atoms with Gasteiger partial charge in [-0.25, -0.2) is 8.42 Å². The average Bonchev–Trinajstić information content (AvgIpc) is 2.83. The minimum absolute atomic E-state index is 0.185. The molecule has 1 atom stereocenters. The fourth-order valence-electron chi connectivity index (χ4n) is 3.74. The van der Waals surface area contributed by atoms with Gasteiger partial charge in [-0.2, -0.15) is 0 Å². The van der Waals surface area contributed by atoms with Crippen molar-refractivity contribution in [1.29, 1.82) is 0 Å². The number of rotatable bonds is 14. The van der Waals surface area contributed by atoms with Crippen LogP contribution in [0.15, 0.2) is 54.6 Å². The highest BCUT2D eigenvalue weighted by atomic mass is 32.2. The first-order chi connectivity index (χ1) is 16.7. The quantitative estimate of drug-likeness (QED) is 0.398. The maximum Gasteiger partial charge on any atom is 0.244 e. The molecule has 2 amide bonds. The highest BCUT2D eigenvalue weighted by Crippen LogP contribution is 2.30. The van der Waals surface area contributed by atoms with Gasteiger partial charge in [-0.3, -0.25) is 13.9 Å². The second-order valence-corrected chi connectivity index (χ2v) is 10.2. The Kier molecular flexibility index (Phi) is 11.0. The minimum Gasteiger partial charge on any atom is -0.492 e. The number of unbranched alkanes of at least 4 members (excludes halogenated alkanes) is 1. The molecule has 0 unspecified atom stereocenters. The molecule has 0 saturated heterocycles. The van der Waals surface area contributed by atoms with Gasteiger partial charge in [-0.1, -0.05) is 62.7 Å². The van der Waals surface area contributed by atoms with Crippen LogP contribution in [0.1, 0.15) is 45.6 Å². The summed E-state index contributed by atoms with van der Waals surface area (Å²) in [6, 6.07) is 15.3. The molecule has 0 aliphatic carbocycles. The first kappa shape index (κ1) is 28.2. The molecule has 192 valence electrons. The fraction of sp³-hybridized carbons (Fsp3) is 0.462. The third-order valence-corrected chi connectivity index (χ3v) is 6.65. The molecule has 0 bridgehead atoms. The van der Waals surface area contributed by atoms with Crippen LogP contribution in [0.25, 0.3) is 0 Å². The van der Waals surface area contributed by atoms with Gasteiger partial charge in [0.1, 0.15) is 18.3 Å². The van der Waals surface area contributed by atoms with Gasteiger partial charge >= 0.3 is 0 Å². The molecule has 2 aromatic rings. The summed E-state index contributed by atoms with van der Waals surface area (Å²) in [7, 11) is -3.83. The van der Waals surface area contributed by atoms with E-state index >= 15 is 0 Å². The molecule has 0 aromatic heterocycles. The number of amides is 2. The van der Waals surface area contributed by atoms with Crippen molar-refractivity contribution in [2.24, 2.45) is 0 Å². The molecule has 0 heterocycles. The number of para-hydroxylation sites is 2. The smallest absolute Gasteiger partial charge is 0.244 e. The third-order valence-electron chi connectivity index (χ3n) is 5.52. The molecule has 9 heteroatoms. The van der Waals surface area contributed by atoms with E-state index in [0.717, 1.165) is 29.0 Å². The molecule has 8 nitrogen and oxygen atoms in total. The summed E-state index contributed by atoms with van der Waals surface area (Å²) in [5.74, 6) is -0.346. The van der Waals surface area contributed by atoms with Crippen molar-refractivity contribution < 1.29 is 22.7 Å². The maximum absolute atomic E-state index is 13.7. The van der Waals surface area contributed by atoms with Gasteiger partial charge in [-0.05, 0) is 37.5 Å². The summed E-state index contributed by atoms with van der Waals surface area (Å²) in [5, 5.41) is 2.91. The molecule has 1 N–H and O–H groups in total. The van der Waals surface area contributed by atoms with Gasteiger partial charge in [0.25, 0.3) is 0 Å². The van der Waals surface area contributed by atoms with Crippen LogP contribution in [0.5, 0.6) is 5.75 Å². The lowest BCUT2D eigenvalue weighted by Gasteiger charge is -2.33. The number of ether oxygens (including phenoxy) is 1. The van der Waals surface area contributed by atoms with Gasteiger partial charge in [0.05, 0.1) is 18.6 Å². The van der Waals surface area contributed by atoms with E-state index in [0.29, 0.717) is 25.3 Å². The van der Waals surface area contributed by atoms with Crippen molar-refractivity contribution in [3.63, 3.8) is 0 Å². The number of nitrogens with one attached hydrogen (secondary N) is 1. The SMILES string of the molecule is CCCCNC(=O)[C@@H](CC)N(Cc1ccccc1)C(=O)CN(c1ccccc1OCC)S(C)(=O)=O. The third kappa shape index (κ3) is 8.28. The number of hydrogen-bond donors (Lipinski definition) is 1. The summed E-state index contributed by atoms with van der Waals surface area (Å²) in [6.45, 7) is 6.29. The highest BCUT2D eigenvalue weighted by Gasteiger charge is 2.32. The fourth-order valence-corrected chi connectivity index (χ4v) is 4.59. The predicted octanol–water partition coefficient (Wildman–Crippen LogP) is 3.58. The van der Waals surface area contributed by atoms with Gasteiger partial charge < -0.3 is 15.0 Å². The van der Waals surface area contributed by atoms with E-state index in [-0.39, 0.29) is 18.1 Å². The number of carbonyl (C=O) groups is 2. The number of hydrogen-bond acceptors (Lipinski definition) is 5. The number of anilines is 1. The number of carbonyl (C=O) groups excluding carboxylic acids is 2. The number of benzene rings is 2. The first-order valence-electron chi connectivity index (χ1n) is 12.0. The molecular formula is C26H37N3O5S. The monoisotopic (exact) mass is 503 g/mol. The van der Waals surface area contributed by atoms with E-state index in [1.807, 2.05) is 44.2 Å². The lowest BCUT2D eigenvalue weighted by molar-refractivity contribution is -0.140. The van der Waals surface area contributed by atoms with Crippen LogP contribution in [0.2, 0.25) is 0 Å². The minimum atomic E-state index is -3.83. The Morgan fingerprint density at radius 2 is 1.66 bits per heavy atom. The van der Waals surface area contributed by atoms with Crippen molar-refractivity contribution in [3.05, 3.63) is 60.2 Å². The molecule has 0 aliphatic heterocycles. The van der Waals surface area contributed by atoms with E-state index in [9.17, 15) is 18.0 Å². The van der Waals surface area contributed by atoms with Crippen LogP contribution in [0, 0.1) is 0 Å². The van der Waals surface area contributed by atoms with Crippen LogP contribution in [0.3, 0.4) is 0 Å². The Balaban J connectivity index is 2.42. The lowest BCUT2D eigenvalue weighted by atomic mass is 10.1. The van der Waals surface area contributed by atoms with E-state index in [1.165, 1.54) is 4.90 Å². The van der Waals surface area contributed by atoms with Crippen LogP contribution >= 0.6 is 0 Å². The summed E-state index contributed by atoms with van der Waals surface area (Å²) < 4.78 is 32.2. The molecular weight excluding hydrogens is 466 g/mol. The number of sulfonamides is 1. The van der Waals surface area contributed by atoms with E-state index in [1.54, 1.807) is 31.2 Å². The van der Waals surface area contributed by atoms with Crippen molar-refractivity contribution in [2.75, 3.05) is 30.3 Å². The van der Waals surface area contributed by atoms with Crippen LogP contribution < -0.4 is 14.4 Å². The predicted molar refractivity (Wildman–Crippen MR) is 139 cm³/mol. The first-order valence-corrected chi connectivity index (χ1v) is 13.9. The van der Waals surface area contributed by atoms with E-state index in [4.69, 9.17) is 4.74 Å². The highest BCUT2D eigenvalue weighted by molar-refractivity contribution is 7.92. The Hall–Kier alpha value is -3.07. The normalized spacial score (nSPS) is 12.0. The zero-order valence-electron chi connectivity index (χ0n) is 21.1. The average molecular weight is 504 g/mol. The Morgan fingerprint density at radius 3 is 2.26 bits per heavy atom. The van der Waals surface area contributed by atoms with Gasteiger partial charge in [0.15, 0.2) is 0 Å². The molecule has 0 aliphatic rings. The van der Waals surface area contributed by atoms with Crippen LogP contribution in [-0.4, -0.2) is 57.1 Å². The molecule has 2 rings (SSSR count). The Morgan fingerprint density at radius 1 is 1.00 bits per heavy atom. The van der Waals surface area contributed by atoms with E-state index < -0.39 is 28.5 Å². The van der Waals surface area contributed by atoms with Gasteiger partial charge in [-0.15, -0.1) is 0 Å². The van der Waals surface area contributed by atoms with Crippen molar-refractivity contribution >= 4 is 27.5 Å². The molecule has 0 fully saturated rings. The Bertz CT molecular complexity index is 1060. The van der Waals surface area contributed by atoms with E-state index in [2.05, 4.69) is 5.32 Å². The van der Waals surface area contributed by atoms with Gasteiger partial charge in [0.2, 0.25) is 21.8 Å². The Labute approximate surface area is 209 Å². The van der Waals surface area contributed by atoms with Gasteiger partial charge in [0, 0.05) is 13.1 Å².